The molecule has 0 bridgehead atoms. The predicted molar refractivity (Wildman–Crippen MR) is 64.9 cm³/mol. The summed E-state index contributed by atoms with van der Waals surface area (Å²) < 4.78 is 6.74. The van der Waals surface area contributed by atoms with Crippen molar-refractivity contribution in [1.29, 1.82) is 0 Å². The molecule has 0 saturated carbocycles. The van der Waals surface area contributed by atoms with Crippen LogP contribution in [0.15, 0.2) is 49.1 Å². The number of aromatic nitrogens is 2. The van der Waals surface area contributed by atoms with Crippen LogP contribution in [-0.2, 0) is 0 Å². The van der Waals surface area contributed by atoms with E-state index in [9.17, 15) is 4.79 Å². The Kier molecular flexibility index (Phi) is 3.35. The fraction of sp³-hybridized carbons (Fsp3) is 0.0769. The molecule has 0 amide bonds. The van der Waals surface area contributed by atoms with E-state index in [0.29, 0.717) is 5.56 Å². The molecule has 0 fully saturated rings. The fourth-order valence-electron chi connectivity index (χ4n) is 1.36. The summed E-state index contributed by atoms with van der Waals surface area (Å²) in [5.74, 6) is 0.682. The minimum atomic E-state index is -0.0543. The van der Waals surface area contributed by atoms with Gasteiger partial charge in [0.2, 0.25) is 0 Å². The number of carbonyl (C=O) groups excluding carboxylic acids is 1. The van der Waals surface area contributed by atoms with Crippen molar-refractivity contribution >= 4 is 12.0 Å². The van der Waals surface area contributed by atoms with Gasteiger partial charge in [0.1, 0.15) is 5.75 Å². The molecule has 17 heavy (non-hydrogen) atoms. The Morgan fingerprint density at radius 1 is 1.35 bits per heavy atom. The van der Waals surface area contributed by atoms with Crippen LogP contribution in [0.5, 0.6) is 5.75 Å². The van der Waals surface area contributed by atoms with Gasteiger partial charge in [-0.1, -0.05) is 0 Å². The van der Waals surface area contributed by atoms with Crippen LogP contribution in [-0.4, -0.2) is 22.4 Å². The Balaban J connectivity index is 2.09. The van der Waals surface area contributed by atoms with Gasteiger partial charge in [0.15, 0.2) is 5.78 Å². The average Bonchev–Trinajstić information content (AvgIpc) is 2.89. The van der Waals surface area contributed by atoms with E-state index in [-0.39, 0.29) is 5.78 Å². The first-order valence-corrected chi connectivity index (χ1v) is 5.13. The lowest BCUT2D eigenvalue weighted by atomic mass is 10.1. The lowest BCUT2D eigenvalue weighted by molar-refractivity contribution is 0.104. The Bertz CT molecular complexity index is 513. The third kappa shape index (κ3) is 2.81. The van der Waals surface area contributed by atoms with Crippen molar-refractivity contribution in [3.05, 3.63) is 54.6 Å². The number of rotatable bonds is 4. The molecule has 0 saturated heterocycles. The first-order chi connectivity index (χ1) is 8.29. The predicted octanol–water partition coefficient (Wildman–Crippen LogP) is 2.25. The number of benzene rings is 1. The molecular formula is C13H12N2O2. The van der Waals surface area contributed by atoms with Crippen molar-refractivity contribution in [2.45, 2.75) is 0 Å². The van der Waals surface area contributed by atoms with Gasteiger partial charge < -0.3 is 9.30 Å². The molecule has 0 N–H and O–H groups in total. The molecule has 0 radical (unpaired) electrons. The molecule has 0 aliphatic heterocycles. The average molecular weight is 228 g/mol. The first-order valence-electron chi connectivity index (χ1n) is 5.13. The van der Waals surface area contributed by atoms with Gasteiger partial charge in [0.25, 0.3) is 0 Å². The Labute approximate surface area is 99.2 Å². The van der Waals surface area contributed by atoms with Gasteiger partial charge in [0, 0.05) is 30.2 Å². The highest BCUT2D eigenvalue weighted by Gasteiger charge is 2.01. The van der Waals surface area contributed by atoms with Crippen LogP contribution in [0, 0.1) is 0 Å². The van der Waals surface area contributed by atoms with Gasteiger partial charge >= 0.3 is 0 Å². The van der Waals surface area contributed by atoms with Crippen LogP contribution in [0.4, 0.5) is 0 Å². The standard InChI is InChI=1S/C13H12N2O2/c1-17-12-4-2-11(3-5-12)13(16)6-8-15-9-7-14-10-15/h2-10H,1H3/b8-6+. The normalized spacial score (nSPS) is 10.6. The molecule has 2 aromatic rings. The first kappa shape index (κ1) is 11.1. The molecule has 4 nitrogen and oxygen atoms in total. The molecule has 1 heterocycles. The van der Waals surface area contributed by atoms with Crippen molar-refractivity contribution in [1.82, 2.24) is 9.55 Å². The summed E-state index contributed by atoms with van der Waals surface area (Å²) in [6.45, 7) is 0. The number of carbonyl (C=O) groups is 1. The molecule has 1 aromatic heterocycles. The summed E-state index contributed by atoms with van der Waals surface area (Å²) in [7, 11) is 1.59. The molecule has 0 unspecified atom stereocenters. The van der Waals surface area contributed by atoms with Gasteiger partial charge in [-0.2, -0.15) is 0 Å². The van der Waals surface area contributed by atoms with Crippen molar-refractivity contribution in [2.75, 3.05) is 7.11 Å². The Morgan fingerprint density at radius 3 is 2.71 bits per heavy atom. The number of hydrogen-bond acceptors (Lipinski definition) is 3. The second-order valence-electron chi connectivity index (χ2n) is 3.42. The van der Waals surface area contributed by atoms with Gasteiger partial charge in [0.05, 0.1) is 13.4 Å². The fourth-order valence-corrected chi connectivity index (χ4v) is 1.36. The molecule has 0 atom stereocenters. The van der Waals surface area contributed by atoms with Crippen LogP contribution >= 0.6 is 0 Å². The maximum atomic E-state index is 11.8. The summed E-state index contributed by atoms with van der Waals surface area (Å²) >= 11 is 0. The highest BCUT2D eigenvalue weighted by molar-refractivity contribution is 6.06. The smallest absolute Gasteiger partial charge is 0.187 e. The van der Waals surface area contributed by atoms with E-state index in [1.54, 1.807) is 60.9 Å². The topological polar surface area (TPSA) is 44.1 Å². The number of ketones is 1. The molecule has 0 aliphatic carbocycles. The number of ether oxygens (including phenoxy) is 1. The SMILES string of the molecule is COc1ccc(C(=O)/C=C/n2ccnc2)cc1. The van der Waals surface area contributed by atoms with Gasteiger partial charge in [-0.3, -0.25) is 4.79 Å². The van der Waals surface area contributed by atoms with E-state index in [0.717, 1.165) is 5.75 Å². The van der Waals surface area contributed by atoms with E-state index < -0.39 is 0 Å². The van der Waals surface area contributed by atoms with Crippen LogP contribution in [0.3, 0.4) is 0 Å². The molecule has 4 heteroatoms. The highest BCUT2D eigenvalue weighted by atomic mass is 16.5. The highest BCUT2D eigenvalue weighted by Crippen LogP contribution is 2.12. The zero-order valence-electron chi connectivity index (χ0n) is 9.41. The maximum absolute atomic E-state index is 11.8. The maximum Gasteiger partial charge on any atom is 0.187 e. The summed E-state index contributed by atoms with van der Waals surface area (Å²) in [6, 6.07) is 7.00. The van der Waals surface area contributed by atoms with Crippen LogP contribution in [0.25, 0.3) is 6.20 Å². The number of nitrogens with zero attached hydrogens (tertiary/aromatic N) is 2. The number of imidazole rings is 1. The molecule has 0 spiro atoms. The van der Waals surface area contributed by atoms with Crippen LogP contribution in [0.1, 0.15) is 10.4 Å². The third-order valence-corrected chi connectivity index (χ3v) is 2.30. The summed E-state index contributed by atoms with van der Waals surface area (Å²) in [5, 5.41) is 0. The van der Waals surface area contributed by atoms with Crippen molar-refractivity contribution in [3.63, 3.8) is 0 Å². The summed E-state index contributed by atoms with van der Waals surface area (Å²) in [4.78, 5) is 15.7. The molecule has 1 aromatic carbocycles. The van der Waals surface area contributed by atoms with E-state index >= 15 is 0 Å². The van der Waals surface area contributed by atoms with Gasteiger partial charge in [-0.25, -0.2) is 4.98 Å². The van der Waals surface area contributed by atoms with Gasteiger partial charge in [-0.15, -0.1) is 0 Å². The van der Waals surface area contributed by atoms with Gasteiger partial charge in [-0.05, 0) is 24.3 Å². The second-order valence-corrected chi connectivity index (χ2v) is 3.42. The monoisotopic (exact) mass is 228 g/mol. The summed E-state index contributed by atoms with van der Waals surface area (Å²) in [5.41, 5.74) is 0.627. The van der Waals surface area contributed by atoms with Crippen LogP contribution < -0.4 is 4.74 Å². The Morgan fingerprint density at radius 2 is 2.12 bits per heavy atom. The van der Waals surface area contributed by atoms with Crippen molar-refractivity contribution in [3.8, 4) is 5.75 Å². The molecule has 0 aliphatic rings. The number of methoxy groups -OCH3 is 1. The zero-order valence-corrected chi connectivity index (χ0v) is 9.41. The van der Waals surface area contributed by atoms with Crippen molar-refractivity contribution < 1.29 is 9.53 Å². The Hall–Kier alpha value is -2.36. The van der Waals surface area contributed by atoms with Crippen molar-refractivity contribution in [2.24, 2.45) is 0 Å². The lowest BCUT2D eigenvalue weighted by Gasteiger charge is -2.00. The molecule has 2 rings (SSSR count). The van der Waals surface area contributed by atoms with E-state index in [4.69, 9.17) is 4.74 Å². The third-order valence-electron chi connectivity index (χ3n) is 2.30. The molecule has 86 valence electrons. The van der Waals surface area contributed by atoms with E-state index in [1.807, 2.05) is 0 Å². The summed E-state index contributed by atoms with van der Waals surface area (Å²) in [6.07, 6.45) is 8.21. The second kappa shape index (κ2) is 5.12. The lowest BCUT2D eigenvalue weighted by Crippen LogP contribution is -1.95. The number of allylic oxidation sites excluding steroid dienone is 1. The number of hydrogen-bond donors (Lipinski definition) is 0. The van der Waals surface area contributed by atoms with E-state index in [1.165, 1.54) is 6.08 Å². The minimum Gasteiger partial charge on any atom is -0.497 e. The minimum absolute atomic E-state index is 0.0543. The van der Waals surface area contributed by atoms with E-state index in [2.05, 4.69) is 4.98 Å². The quantitative estimate of drug-likeness (QED) is 0.595. The zero-order chi connectivity index (χ0) is 12.1. The largest absolute Gasteiger partial charge is 0.497 e. The molecular weight excluding hydrogens is 216 g/mol. The van der Waals surface area contributed by atoms with Crippen LogP contribution in [0.2, 0.25) is 0 Å².